The quantitative estimate of drug-likeness (QED) is 0.557. The molecule has 0 fully saturated rings. The highest BCUT2D eigenvalue weighted by molar-refractivity contribution is 7.91. The molecule has 0 saturated heterocycles. The predicted molar refractivity (Wildman–Crippen MR) is 42.3 cm³/mol. The number of rotatable bonds is 2. The Bertz CT molecular complexity index is 406. The molecule has 1 rings (SSSR count). The average molecular weight is 208 g/mol. The van der Waals surface area contributed by atoms with Gasteiger partial charge in [-0.1, -0.05) is 0 Å². The SMILES string of the molecule is NS(=O)(=O)c1cc([N+](=O)[O-])cs1. The number of nitrogens with two attached hydrogens (primary N) is 1. The molecule has 1 aromatic heterocycles. The maximum Gasteiger partial charge on any atom is 0.281 e. The van der Waals surface area contributed by atoms with Crippen molar-refractivity contribution in [1.29, 1.82) is 0 Å². The van der Waals surface area contributed by atoms with E-state index in [0.717, 1.165) is 22.8 Å². The lowest BCUT2D eigenvalue weighted by molar-refractivity contribution is -0.384. The zero-order valence-electron chi connectivity index (χ0n) is 5.63. The molecular formula is C4H4N2O4S2. The van der Waals surface area contributed by atoms with Crippen LogP contribution in [-0.4, -0.2) is 13.3 Å². The molecule has 0 saturated carbocycles. The van der Waals surface area contributed by atoms with Crippen LogP contribution in [0.2, 0.25) is 0 Å². The molecule has 6 nitrogen and oxygen atoms in total. The molecule has 0 unspecified atom stereocenters. The van der Waals surface area contributed by atoms with Crippen molar-refractivity contribution in [2.75, 3.05) is 0 Å². The van der Waals surface area contributed by atoms with E-state index < -0.39 is 14.9 Å². The van der Waals surface area contributed by atoms with Crippen LogP contribution < -0.4 is 5.14 Å². The third-order valence-electron chi connectivity index (χ3n) is 1.05. The van der Waals surface area contributed by atoms with Crippen molar-refractivity contribution in [3.8, 4) is 0 Å². The zero-order valence-corrected chi connectivity index (χ0v) is 7.26. The van der Waals surface area contributed by atoms with Gasteiger partial charge in [-0.25, -0.2) is 13.6 Å². The van der Waals surface area contributed by atoms with Gasteiger partial charge in [0.1, 0.15) is 4.21 Å². The number of hydrogen-bond acceptors (Lipinski definition) is 5. The van der Waals surface area contributed by atoms with E-state index in [-0.39, 0.29) is 9.90 Å². The highest BCUT2D eigenvalue weighted by atomic mass is 32.2. The number of thiophene rings is 1. The van der Waals surface area contributed by atoms with Crippen LogP contribution in [0, 0.1) is 10.1 Å². The minimum atomic E-state index is -3.80. The van der Waals surface area contributed by atoms with Gasteiger partial charge in [0.15, 0.2) is 0 Å². The molecule has 66 valence electrons. The molecule has 0 bridgehead atoms. The summed E-state index contributed by atoms with van der Waals surface area (Å²) in [4.78, 5) is 9.44. The molecular weight excluding hydrogens is 204 g/mol. The third kappa shape index (κ3) is 1.78. The molecule has 0 aliphatic heterocycles. The first-order chi connectivity index (χ1) is 5.41. The van der Waals surface area contributed by atoms with Gasteiger partial charge in [-0.3, -0.25) is 10.1 Å². The summed E-state index contributed by atoms with van der Waals surface area (Å²) in [5.41, 5.74) is -0.260. The van der Waals surface area contributed by atoms with E-state index in [1.807, 2.05) is 0 Å². The molecule has 0 aliphatic rings. The first-order valence-electron chi connectivity index (χ1n) is 2.67. The Labute approximate surface area is 71.8 Å². The monoisotopic (exact) mass is 208 g/mol. The van der Waals surface area contributed by atoms with E-state index in [4.69, 9.17) is 5.14 Å². The normalized spacial score (nSPS) is 11.4. The van der Waals surface area contributed by atoms with Crippen LogP contribution in [0.5, 0.6) is 0 Å². The molecule has 2 N–H and O–H groups in total. The second-order valence-electron chi connectivity index (χ2n) is 1.93. The van der Waals surface area contributed by atoms with Crippen LogP contribution in [0.3, 0.4) is 0 Å². The summed E-state index contributed by atoms with van der Waals surface area (Å²) >= 11 is 0.730. The molecule has 8 heteroatoms. The van der Waals surface area contributed by atoms with E-state index in [9.17, 15) is 18.5 Å². The largest absolute Gasteiger partial charge is 0.281 e. The molecule has 0 radical (unpaired) electrons. The Kier molecular flexibility index (Phi) is 2.13. The molecule has 0 amide bonds. The second kappa shape index (κ2) is 2.81. The van der Waals surface area contributed by atoms with Crippen LogP contribution in [0.25, 0.3) is 0 Å². The molecule has 12 heavy (non-hydrogen) atoms. The van der Waals surface area contributed by atoms with Crippen molar-refractivity contribution in [2.45, 2.75) is 4.21 Å². The molecule has 1 aromatic rings. The first kappa shape index (κ1) is 9.10. The van der Waals surface area contributed by atoms with Crippen LogP contribution in [0.15, 0.2) is 15.7 Å². The fourth-order valence-corrected chi connectivity index (χ4v) is 2.10. The van der Waals surface area contributed by atoms with Crippen LogP contribution in [0.1, 0.15) is 0 Å². The van der Waals surface area contributed by atoms with Gasteiger partial charge in [-0.15, -0.1) is 11.3 Å². The van der Waals surface area contributed by atoms with Gasteiger partial charge in [-0.05, 0) is 0 Å². The molecule has 0 aromatic carbocycles. The van der Waals surface area contributed by atoms with Crippen molar-refractivity contribution in [2.24, 2.45) is 5.14 Å². The van der Waals surface area contributed by atoms with E-state index >= 15 is 0 Å². The fraction of sp³-hybridized carbons (Fsp3) is 0. The van der Waals surface area contributed by atoms with Gasteiger partial charge in [0.05, 0.1) is 10.3 Å². The summed E-state index contributed by atoms with van der Waals surface area (Å²) in [6, 6.07) is 0.931. The average Bonchev–Trinajstić information content (AvgIpc) is 2.30. The van der Waals surface area contributed by atoms with E-state index in [1.54, 1.807) is 0 Å². The van der Waals surface area contributed by atoms with Crippen LogP contribution >= 0.6 is 11.3 Å². The van der Waals surface area contributed by atoms with Gasteiger partial charge < -0.3 is 0 Å². The summed E-state index contributed by atoms with van der Waals surface area (Å²) in [7, 11) is -3.80. The lowest BCUT2D eigenvalue weighted by atomic mass is 10.6. The summed E-state index contributed by atoms with van der Waals surface area (Å²) < 4.78 is 21.1. The third-order valence-corrected chi connectivity index (χ3v) is 3.43. The fourth-order valence-electron chi connectivity index (χ4n) is 0.552. The molecule has 1 heterocycles. The highest BCUT2D eigenvalue weighted by Gasteiger charge is 2.16. The van der Waals surface area contributed by atoms with Crippen LogP contribution in [-0.2, 0) is 10.0 Å². The molecule has 0 atom stereocenters. The van der Waals surface area contributed by atoms with Gasteiger partial charge in [0.2, 0.25) is 10.0 Å². The van der Waals surface area contributed by atoms with Crippen LogP contribution in [0.4, 0.5) is 5.69 Å². The summed E-state index contributed by atoms with van der Waals surface area (Å²) in [6.45, 7) is 0. The van der Waals surface area contributed by atoms with Gasteiger partial charge in [0, 0.05) is 6.07 Å². The molecule has 0 aliphatic carbocycles. The summed E-state index contributed by atoms with van der Waals surface area (Å²) in [6.07, 6.45) is 0. The Hall–Kier alpha value is -0.990. The van der Waals surface area contributed by atoms with Crippen molar-refractivity contribution in [3.63, 3.8) is 0 Å². The lowest BCUT2D eigenvalue weighted by Gasteiger charge is -1.86. The molecule has 0 spiro atoms. The highest BCUT2D eigenvalue weighted by Crippen LogP contribution is 2.23. The smallest absolute Gasteiger partial charge is 0.258 e. The minimum absolute atomic E-state index is 0.200. The van der Waals surface area contributed by atoms with Crippen molar-refractivity contribution in [3.05, 3.63) is 21.6 Å². The van der Waals surface area contributed by atoms with Gasteiger partial charge >= 0.3 is 0 Å². The van der Waals surface area contributed by atoms with Crippen molar-refractivity contribution < 1.29 is 13.3 Å². The van der Waals surface area contributed by atoms with Gasteiger partial charge in [0.25, 0.3) is 5.69 Å². The lowest BCUT2D eigenvalue weighted by Crippen LogP contribution is -2.09. The predicted octanol–water partition coefficient (Wildman–Crippen LogP) is 0.304. The maximum atomic E-state index is 10.6. The number of primary sulfonamides is 1. The van der Waals surface area contributed by atoms with Gasteiger partial charge in [-0.2, -0.15) is 0 Å². The van der Waals surface area contributed by atoms with Crippen molar-refractivity contribution in [1.82, 2.24) is 0 Å². The van der Waals surface area contributed by atoms with E-state index in [0.29, 0.717) is 0 Å². The maximum absolute atomic E-state index is 10.6. The minimum Gasteiger partial charge on any atom is -0.258 e. The summed E-state index contributed by atoms with van der Waals surface area (Å²) in [5.74, 6) is 0. The number of sulfonamides is 1. The number of nitro groups is 1. The number of hydrogen-bond donors (Lipinski definition) is 1. The Morgan fingerprint density at radius 2 is 2.17 bits per heavy atom. The standard InChI is InChI=1S/C4H4N2O4S2/c5-12(9,10)4-1-3(2-11-4)6(7)8/h1-2H,(H2,5,9,10). The summed E-state index contributed by atoms with van der Waals surface area (Å²) in [5, 5.41) is 16.0. The van der Waals surface area contributed by atoms with Crippen molar-refractivity contribution >= 4 is 27.0 Å². The second-order valence-corrected chi connectivity index (χ2v) is 4.63. The first-order valence-corrected chi connectivity index (χ1v) is 5.09. The number of nitrogens with zero attached hydrogens (tertiary/aromatic N) is 1. The zero-order chi connectivity index (χ0) is 9.35. The Morgan fingerprint density at radius 1 is 1.58 bits per heavy atom. The van der Waals surface area contributed by atoms with E-state index in [1.165, 1.54) is 0 Å². The Morgan fingerprint density at radius 3 is 2.42 bits per heavy atom. The Balaban J connectivity index is 3.17. The van der Waals surface area contributed by atoms with E-state index in [2.05, 4.69) is 0 Å². The topological polar surface area (TPSA) is 103 Å².